The van der Waals surface area contributed by atoms with Crippen molar-refractivity contribution in [2.24, 2.45) is 33.7 Å². The molecule has 10 heteroatoms. The summed E-state index contributed by atoms with van der Waals surface area (Å²) >= 11 is 0. The molecule has 5 aliphatic rings. The first-order valence-corrected chi connectivity index (χ1v) is 14.7. The van der Waals surface area contributed by atoms with E-state index in [0.717, 1.165) is 24.8 Å². The van der Waals surface area contributed by atoms with Gasteiger partial charge in [0.15, 0.2) is 11.5 Å². The first-order valence-electron chi connectivity index (χ1n) is 14.7. The standard InChI is InChI=1S/C31H40N2O8/c1-28-9-6-22-23(31(28,39)12-8-21(28)19-14-26(36)41-16-19)7-11-30(38)15-20(34)5-10-29(22,30)17-32-33-27(37)18-3-4-24(35)25(13-18)40-2/h3-4,13-14,17,20-23,34-35,38-39H,5-12,15-16H2,1-2H3,(H,33,37)/b32-17-/t20-,21-,22+,23-,28-,29+,30-,31-/m1/s1. The number of esters is 1. The first-order chi connectivity index (χ1) is 19.5. The fourth-order valence-corrected chi connectivity index (χ4v) is 9.45. The van der Waals surface area contributed by atoms with Crippen molar-refractivity contribution in [1.29, 1.82) is 0 Å². The van der Waals surface area contributed by atoms with E-state index in [0.29, 0.717) is 32.1 Å². The molecule has 41 heavy (non-hydrogen) atoms. The smallest absolute Gasteiger partial charge is 0.331 e. The van der Waals surface area contributed by atoms with Crippen molar-refractivity contribution in [3.8, 4) is 11.5 Å². The predicted octanol–water partition coefficient (Wildman–Crippen LogP) is 2.83. The average Bonchev–Trinajstić information content (AvgIpc) is 3.48. The molecule has 1 aromatic rings. The van der Waals surface area contributed by atoms with Crippen molar-refractivity contribution >= 4 is 18.1 Å². The van der Waals surface area contributed by atoms with E-state index in [4.69, 9.17) is 9.47 Å². The summed E-state index contributed by atoms with van der Waals surface area (Å²) in [5.41, 5.74) is 0.326. The zero-order valence-corrected chi connectivity index (χ0v) is 23.6. The normalized spacial score (nSPS) is 41.7. The van der Waals surface area contributed by atoms with Gasteiger partial charge in [-0.1, -0.05) is 6.92 Å². The molecule has 1 amide bonds. The van der Waals surface area contributed by atoms with Crippen LogP contribution in [0.5, 0.6) is 11.5 Å². The molecule has 4 aliphatic carbocycles. The number of aromatic hydroxyl groups is 1. The number of carbonyl (C=O) groups is 2. The lowest BCUT2D eigenvalue weighted by Crippen LogP contribution is -2.68. The number of rotatable bonds is 5. The summed E-state index contributed by atoms with van der Waals surface area (Å²) in [6.45, 7) is 2.42. The van der Waals surface area contributed by atoms with Gasteiger partial charge in [-0.05, 0) is 92.9 Å². The molecule has 5 N–H and O–H groups in total. The second-order valence-electron chi connectivity index (χ2n) is 13.1. The zero-order chi connectivity index (χ0) is 29.2. The van der Waals surface area contributed by atoms with Gasteiger partial charge >= 0.3 is 5.97 Å². The van der Waals surface area contributed by atoms with E-state index in [1.807, 2.05) is 0 Å². The maximum atomic E-state index is 12.9. The Morgan fingerprint density at radius 3 is 2.63 bits per heavy atom. The molecular weight excluding hydrogens is 528 g/mol. The average molecular weight is 569 g/mol. The highest BCUT2D eigenvalue weighted by Crippen LogP contribution is 2.70. The van der Waals surface area contributed by atoms with Crippen LogP contribution in [0.25, 0.3) is 0 Å². The Balaban J connectivity index is 1.31. The number of nitrogens with zero attached hydrogens (tertiary/aromatic N) is 1. The minimum Gasteiger partial charge on any atom is -0.504 e. The second-order valence-corrected chi connectivity index (χ2v) is 13.1. The van der Waals surface area contributed by atoms with Gasteiger partial charge in [0.05, 0.1) is 24.4 Å². The van der Waals surface area contributed by atoms with Crippen LogP contribution in [0.3, 0.4) is 0 Å². The molecule has 0 aromatic heterocycles. The third-order valence-electron chi connectivity index (χ3n) is 11.5. The van der Waals surface area contributed by atoms with Crippen molar-refractivity contribution in [2.75, 3.05) is 13.7 Å². The topological polar surface area (TPSA) is 158 Å². The van der Waals surface area contributed by atoms with Crippen LogP contribution in [0.4, 0.5) is 0 Å². The zero-order valence-electron chi connectivity index (χ0n) is 23.6. The van der Waals surface area contributed by atoms with Gasteiger partial charge < -0.3 is 29.9 Å². The summed E-state index contributed by atoms with van der Waals surface area (Å²) in [7, 11) is 1.40. The van der Waals surface area contributed by atoms with Crippen LogP contribution in [0.1, 0.15) is 75.1 Å². The highest BCUT2D eigenvalue weighted by molar-refractivity contribution is 5.95. The maximum Gasteiger partial charge on any atom is 0.331 e. The highest BCUT2D eigenvalue weighted by Gasteiger charge is 2.71. The van der Waals surface area contributed by atoms with Crippen LogP contribution in [-0.4, -0.2) is 69.5 Å². The van der Waals surface area contributed by atoms with Crippen molar-refractivity contribution in [2.45, 2.75) is 82.0 Å². The lowest BCUT2D eigenvalue weighted by Gasteiger charge is -2.65. The molecule has 0 saturated heterocycles. The molecule has 6 rings (SSSR count). The first kappa shape index (κ1) is 28.2. The van der Waals surface area contributed by atoms with Gasteiger partial charge in [0.1, 0.15) is 6.61 Å². The Bertz CT molecular complexity index is 1310. The molecule has 222 valence electrons. The van der Waals surface area contributed by atoms with Gasteiger partial charge in [-0.15, -0.1) is 0 Å². The van der Waals surface area contributed by atoms with Gasteiger partial charge in [0.25, 0.3) is 5.91 Å². The number of hydrazone groups is 1. The molecule has 0 bridgehead atoms. The number of hydrogen-bond acceptors (Lipinski definition) is 9. The molecule has 1 heterocycles. The van der Waals surface area contributed by atoms with Gasteiger partial charge in [-0.2, -0.15) is 5.10 Å². The summed E-state index contributed by atoms with van der Waals surface area (Å²) < 4.78 is 10.3. The molecule has 4 saturated carbocycles. The van der Waals surface area contributed by atoms with E-state index in [1.165, 1.54) is 25.3 Å². The number of ether oxygens (including phenoxy) is 2. The van der Waals surface area contributed by atoms with Gasteiger partial charge in [-0.3, -0.25) is 4.79 Å². The highest BCUT2D eigenvalue weighted by atomic mass is 16.5. The number of cyclic esters (lactones) is 1. The molecule has 10 nitrogen and oxygen atoms in total. The Morgan fingerprint density at radius 2 is 1.90 bits per heavy atom. The summed E-state index contributed by atoms with van der Waals surface area (Å²) in [5, 5.41) is 49.5. The number of methoxy groups -OCH3 is 1. The lowest BCUT2D eigenvalue weighted by molar-refractivity contribution is -0.237. The third-order valence-corrected chi connectivity index (χ3v) is 11.5. The molecule has 0 radical (unpaired) electrons. The van der Waals surface area contributed by atoms with Crippen molar-refractivity contribution in [1.82, 2.24) is 5.43 Å². The number of phenolic OH excluding ortho intramolecular Hbond substituents is 1. The molecule has 1 aromatic carbocycles. The molecule has 0 unspecified atom stereocenters. The van der Waals surface area contributed by atoms with E-state index in [2.05, 4.69) is 17.5 Å². The Kier molecular flexibility index (Phi) is 6.75. The van der Waals surface area contributed by atoms with Gasteiger partial charge in [-0.25, -0.2) is 10.2 Å². The SMILES string of the molecule is COc1cc(C(=O)N/N=C\[C@]23CC[C@@H](O)C[C@]2(O)CC[C@@H]2[C@@H]3CC[C@]3(C)[C@@H](C4=CC(=O)OC4)CC[C@@]23O)ccc1O. The van der Waals surface area contributed by atoms with Crippen LogP contribution in [0.2, 0.25) is 0 Å². The van der Waals surface area contributed by atoms with Crippen LogP contribution in [-0.2, 0) is 9.53 Å². The number of hydrogen-bond donors (Lipinski definition) is 5. The number of carbonyl (C=O) groups excluding carboxylic acids is 2. The number of fused-ring (bicyclic) bond motifs is 5. The van der Waals surface area contributed by atoms with Crippen molar-refractivity contribution < 1.29 is 39.5 Å². The second kappa shape index (κ2) is 9.81. The fraction of sp³-hybridized carbons (Fsp3) is 0.645. The molecule has 8 atom stereocenters. The van der Waals surface area contributed by atoms with Crippen LogP contribution in [0.15, 0.2) is 34.9 Å². The maximum absolute atomic E-state index is 12.9. The van der Waals surface area contributed by atoms with Gasteiger partial charge in [0, 0.05) is 35.1 Å². The van der Waals surface area contributed by atoms with Crippen LogP contribution >= 0.6 is 0 Å². The molecule has 4 fully saturated rings. The number of nitrogens with one attached hydrogen (secondary N) is 1. The quantitative estimate of drug-likeness (QED) is 0.206. The monoisotopic (exact) mass is 568 g/mol. The van der Waals surface area contributed by atoms with E-state index < -0.39 is 34.0 Å². The van der Waals surface area contributed by atoms with Gasteiger partial charge in [0.2, 0.25) is 0 Å². The summed E-state index contributed by atoms with van der Waals surface area (Å²) in [6.07, 6.45) is 7.71. The largest absolute Gasteiger partial charge is 0.504 e. The fourth-order valence-electron chi connectivity index (χ4n) is 9.45. The number of aliphatic hydroxyl groups excluding tert-OH is 1. The minimum absolute atomic E-state index is 0.0556. The molecular formula is C31H40N2O8. The van der Waals surface area contributed by atoms with E-state index in [9.17, 15) is 30.0 Å². The number of amides is 1. The summed E-state index contributed by atoms with van der Waals surface area (Å²) in [5.74, 6) is -0.870. The summed E-state index contributed by atoms with van der Waals surface area (Å²) in [6, 6.07) is 4.27. The number of phenols is 1. The van der Waals surface area contributed by atoms with Crippen LogP contribution < -0.4 is 10.2 Å². The summed E-state index contributed by atoms with van der Waals surface area (Å²) in [4.78, 5) is 24.8. The molecule has 1 aliphatic heterocycles. The van der Waals surface area contributed by atoms with Crippen molar-refractivity contribution in [3.63, 3.8) is 0 Å². The number of benzene rings is 1. The Hall–Kier alpha value is -2.95. The third kappa shape index (κ3) is 4.12. The van der Waals surface area contributed by atoms with E-state index in [-0.39, 0.29) is 53.8 Å². The molecule has 0 spiro atoms. The van der Waals surface area contributed by atoms with Crippen LogP contribution in [0, 0.1) is 28.6 Å². The minimum atomic E-state index is -1.22. The van der Waals surface area contributed by atoms with E-state index >= 15 is 0 Å². The Labute approximate surface area is 239 Å². The Morgan fingerprint density at radius 1 is 1.12 bits per heavy atom. The van der Waals surface area contributed by atoms with Crippen molar-refractivity contribution in [3.05, 3.63) is 35.4 Å². The number of aliphatic hydroxyl groups is 3. The lowest BCUT2D eigenvalue weighted by atomic mass is 9.41. The predicted molar refractivity (Wildman–Crippen MR) is 148 cm³/mol. The van der Waals surface area contributed by atoms with E-state index in [1.54, 1.807) is 12.3 Å².